The second-order valence-electron chi connectivity index (χ2n) is 9.84. The predicted molar refractivity (Wildman–Crippen MR) is 156 cm³/mol. The molecule has 186 valence electrons. The molecular formula is C32H18N8. The van der Waals surface area contributed by atoms with Gasteiger partial charge >= 0.3 is 0 Å². The first-order valence-corrected chi connectivity index (χ1v) is 13.0. The third-order valence-electron chi connectivity index (χ3n) is 7.50. The number of nitrogens with zero attached hydrogens (tertiary/aromatic N) is 6. The second-order valence-corrected chi connectivity index (χ2v) is 9.84. The molecule has 7 aromatic heterocycles. The summed E-state index contributed by atoms with van der Waals surface area (Å²) < 4.78 is 0. The zero-order chi connectivity index (χ0) is 26.2. The maximum atomic E-state index is 5.05. The van der Waals surface area contributed by atoms with Crippen molar-refractivity contribution >= 4 is 43.9 Å². The minimum absolute atomic E-state index is 0.784. The molecule has 0 aliphatic carbocycles. The van der Waals surface area contributed by atoms with E-state index >= 15 is 0 Å². The molecule has 8 heteroatoms. The van der Waals surface area contributed by atoms with Crippen LogP contribution in [-0.4, -0.2) is 39.9 Å². The van der Waals surface area contributed by atoms with E-state index in [0.29, 0.717) is 0 Å². The van der Waals surface area contributed by atoms with Gasteiger partial charge in [-0.1, -0.05) is 0 Å². The van der Waals surface area contributed by atoms with Crippen molar-refractivity contribution in [2.75, 3.05) is 0 Å². The van der Waals surface area contributed by atoms with Gasteiger partial charge in [-0.2, -0.15) is 0 Å². The van der Waals surface area contributed by atoms with E-state index in [1.807, 2.05) is 60.9 Å². The Morgan fingerprint density at radius 2 is 0.850 bits per heavy atom. The number of aromatic nitrogens is 8. The van der Waals surface area contributed by atoms with Crippen LogP contribution in [-0.2, 0) is 0 Å². The first-order valence-electron chi connectivity index (χ1n) is 13.0. The summed E-state index contributed by atoms with van der Waals surface area (Å²) >= 11 is 0. The van der Waals surface area contributed by atoms with Gasteiger partial charge in [0.05, 0.1) is 67.3 Å². The lowest BCUT2D eigenvalue weighted by molar-refractivity contribution is 1.33. The average Bonchev–Trinajstić information content (AvgIpc) is 3.73. The van der Waals surface area contributed by atoms with Crippen LogP contribution in [0.2, 0.25) is 0 Å². The molecule has 0 aromatic carbocycles. The van der Waals surface area contributed by atoms with Gasteiger partial charge in [-0.15, -0.1) is 0 Å². The van der Waals surface area contributed by atoms with Crippen molar-refractivity contribution in [1.29, 1.82) is 0 Å². The Kier molecular flexibility index (Phi) is 4.17. The molecular weight excluding hydrogens is 496 g/mol. The lowest BCUT2D eigenvalue weighted by Gasteiger charge is -1.96. The summed E-state index contributed by atoms with van der Waals surface area (Å²) in [6.07, 6.45) is 7.22. The van der Waals surface area contributed by atoms with Crippen LogP contribution in [0.25, 0.3) is 89.2 Å². The topological polar surface area (TPSA) is 109 Å². The first kappa shape index (κ1) is 21.2. The molecule has 9 heterocycles. The molecule has 0 saturated heterocycles. The molecule has 8 bridgehead atoms. The summed E-state index contributed by atoms with van der Waals surface area (Å²) in [5.74, 6) is 0. The predicted octanol–water partition coefficient (Wildman–Crippen LogP) is 6.87. The lowest BCUT2D eigenvalue weighted by Crippen LogP contribution is -1.80. The van der Waals surface area contributed by atoms with Crippen LogP contribution in [0, 0.1) is 0 Å². The Morgan fingerprint density at radius 3 is 1.35 bits per heavy atom. The van der Waals surface area contributed by atoms with Crippen LogP contribution in [0.3, 0.4) is 0 Å². The van der Waals surface area contributed by atoms with E-state index in [4.69, 9.17) is 29.9 Å². The Bertz CT molecular complexity index is 2030. The first-order chi connectivity index (χ1) is 19.8. The van der Waals surface area contributed by atoms with Crippen molar-refractivity contribution in [3.63, 3.8) is 0 Å². The van der Waals surface area contributed by atoms with Gasteiger partial charge in [-0.25, -0.2) is 9.97 Å². The largest absolute Gasteiger partial charge is 0.353 e. The van der Waals surface area contributed by atoms with Crippen LogP contribution >= 0.6 is 0 Å². The maximum absolute atomic E-state index is 5.05. The molecule has 0 radical (unpaired) electrons. The molecule has 0 atom stereocenters. The van der Waals surface area contributed by atoms with Crippen molar-refractivity contribution in [2.24, 2.45) is 0 Å². The normalized spacial score (nSPS) is 12.0. The summed E-state index contributed by atoms with van der Waals surface area (Å²) in [5.41, 5.74) is 12.1. The molecule has 7 aromatic rings. The zero-order valence-corrected chi connectivity index (χ0v) is 20.9. The summed E-state index contributed by atoms with van der Waals surface area (Å²) in [6.45, 7) is 0. The molecule has 40 heavy (non-hydrogen) atoms. The van der Waals surface area contributed by atoms with Gasteiger partial charge in [0.1, 0.15) is 0 Å². The lowest BCUT2D eigenvalue weighted by atomic mass is 10.1. The minimum atomic E-state index is 0.784. The molecule has 2 aliphatic rings. The summed E-state index contributed by atoms with van der Waals surface area (Å²) in [7, 11) is 0. The fourth-order valence-corrected chi connectivity index (χ4v) is 5.74. The van der Waals surface area contributed by atoms with Gasteiger partial charge in [-0.3, -0.25) is 19.9 Å². The summed E-state index contributed by atoms with van der Waals surface area (Å²) in [5, 5.41) is 2.00. The van der Waals surface area contributed by atoms with E-state index in [1.54, 1.807) is 12.4 Å². The molecule has 2 N–H and O–H groups in total. The molecule has 0 fully saturated rings. The number of fused-ring (bicyclic) bond motifs is 20. The van der Waals surface area contributed by atoms with Gasteiger partial charge in [0.2, 0.25) is 0 Å². The van der Waals surface area contributed by atoms with Crippen molar-refractivity contribution in [1.82, 2.24) is 39.9 Å². The number of pyridine rings is 4. The highest BCUT2D eigenvalue weighted by Crippen LogP contribution is 2.38. The van der Waals surface area contributed by atoms with Crippen molar-refractivity contribution < 1.29 is 0 Å². The Hall–Kier alpha value is -5.76. The highest BCUT2D eigenvalue weighted by atomic mass is 14.9. The smallest absolute Gasteiger partial charge is 0.0981 e. The third-order valence-corrected chi connectivity index (χ3v) is 7.50. The van der Waals surface area contributed by atoms with Crippen LogP contribution in [0.1, 0.15) is 0 Å². The Morgan fingerprint density at radius 1 is 0.425 bits per heavy atom. The monoisotopic (exact) mass is 514 g/mol. The van der Waals surface area contributed by atoms with Crippen LogP contribution in [0.15, 0.2) is 97.6 Å². The number of H-pyrrole nitrogens is 2. The fraction of sp³-hybridized carbons (Fsp3) is 0. The Labute approximate surface area is 226 Å². The van der Waals surface area contributed by atoms with E-state index in [2.05, 4.69) is 34.2 Å². The van der Waals surface area contributed by atoms with E-state index in [-0.39, 0.29) is 0 Å². The highest BCUT2D eigenvalue weighted by molar-refractivity contribution is 6.07. The van der Waals surface area contributed by atoms with Crippen LogP contribution in [0.4, 0.5) is 0 Å². The molecule has 0 spiro atoms. The van der Waals surface area contributed by atoms with Gasteiger partial charge in [0.15, 0.2) is 0 Å². The van der Waals surface area contributed by atoms with E-state index < -0.39 is 0 Å². The molecule has 2 aliphatic heterocycles. The minimum Gasteiger partial charge on any atom is -0.353 e. The van der Waals surface area contributed by atoms with Crippen molar-refractivity contribution in [3.8, 4) is 45.3 Å². The average molecular weight is 515 g/mol. The summed E-state index contributed by atoms with van der Waals surface area (Å²) in [6, 6.07) is 24.2. The van der Waals surface area contributed by atoms with Gasteiger partial charge < -0.3 is 9.97 Å². The van der Waals surface area contributed by atoms with Crippen LogP contribution in [0.5, 0.6) is 0 Å². The highest BCUT2D eigenvalue weighted by Gasteiger charge is 2.20. The number of hydrogen-bond acceptors (Lipinski definition) is 6. The van der Waals surface area contributed by atoms with Crippen molar-refractivity contribution in [2.45, 2.75) is 0 Å². The SMILES string of the molecule is c1cnc2c(c1)-c1cc3[nH]c(cc4nc(cc5[nH]c(cc-2n1)c1cccnc51)-c1cccnc1-4)c1cccnc31. The van der Waals surface area contributed by atoms with Gasteiger partial charge in [0, 0.05) is 46.7 Å². The van der Waals surface area contributed by atoms with E-state index in [1.165, 1.54) is 0 Å². The van der Waals surface area contributed by atoms with Crippen LogP contribution < -0.4 is 0 Å². The maximum Gasteiger partial charge on any atom is 0.0981 e. The number of nitrogens with one attached hydrogen (secondary N) is 2. The quantitative estimate of drug-likeness (QED) is 0.229. The second kappa shape index (κ2) is 7.87. The molecule has 8 nitrogen and oxygen atoms in total. The fourth-order valence-electron chi connectivity index (χ4n) is 5.74. The van der Waals surface area contributed by atoms with E-state index in [9.17, 15) is 0 Å². The third kappa shape index (κ3) is 3.01. The number of aromatic amines is 2. The zero-order valence-electron chi connectivity index (χ0n) is 20.9. The molecule has 0 amide bonds. The molecule has 0 saturated carbocycles. The summed E-state index contributed by atoms with van der Waals surface area (Å²) in [4.78, 5) is 36.1. The van der Waals surface area contributed by atoms with Gasteiger partial charge in [0.25, 0.3) is 0 Å². The van der Waals surface area contributed by atoms with E-state index in [0.717, 1.165) is 89.2 Å². The number of hydrogen-bond donors (Lipinski definition) is 2. The molecule has 0 unspecified atom stereocenters. The molecule has 9 rings (SSSR count). The number of rotatable bonds is 0. The Balaban J connectivity index is 1.51. The van der Waals surface area contributed by atoms with Crippen molar-refractivity contribution in [3.05, 3.63) is 97.6 Å². The standard InChI is InChI=1S/C32H18N8/c1-5-17-21-13-26-30-19(7-3-10-34-30)23(38-26)15-28-32-20(8-4-12-36-32)24(40-28)16-27-31-18(6-2-11-35-31)22(39-27)14-25(37-21)29(17)33-9-1/h1-16,37,40H. The van der Waals surface area contributed by atoms with Gasteiger partial charge in [-0.05, 0) is 72.8 Å².